The zero-order chi connectivity index (χ0) is 27.1. The Hall–Kier alpha value is -4.86. The van der Waals surface area contributed by atoms with Crippen molar-refractivity contribution in [2.24, 2.45) is 10.9 Å². The summed E-state index contributed by atoms with van der Waals surface area (Å²) in [6, 6.07) is 19.4. The Bertz CT molecular complexity index is 1630. The molecule has 196 valence electrons. The number of nitrogens with zero attached hydrogens (tertiary/aromatic N) is 3. The Morgan fingerprint density at radius 1 is 1.00 bits per heavy atom. The fraction of sp³-hybridized carbons (Fsp3) is 0.172. The van der Waals surface area contributed by atoms with Crippen LogP contribution in [0.5, 0.6) is 5.88 Å². The number of fused-ring (bicyclic) bond motifs is 2. The molecule has 39 heavy (non-hydrogen) atoms. The van der Waals surface area contributed by atoms with Crippen LogP contribution in [0.15, 0.2) is 77.8 Å². The Kier molecular flexibility index (Phi) is 6.14. The topological polar surface area (TPSA) is 97.6 Å². The van der Waals surface area contributed by atoms with Crippen LogP contribution in [-0.2, 0) is 11.3 Å². The summed E-state index contributed by atoms with van der Waals surface area (Å²) in [5.41, 5.74) is 1.49. The molecule has 6 rings (SSSR count). The number of nitrogens with one attached hydrogen (secondary N) is 2. The summed E-state index contributed by atoms with van der Waals surface area (Å²) in [6.45, 7) is 2.79. The van der Waals surface area contributed by atoms with Gasteiger partial charge in [-0.3, -0.25) is 9.59 Å². The standard InChI is InChI=1S/C29H23F2N5O3/c1-16-14-36-29(39-15-16)22(25(35-36)18-10-5-6-12-20(18)30)27(37)34-26-28(38)33-24-19(11-7-13-21(24)31)23(32-26)17-8-3-2-4-9-17/h2-13,16,26H,14-15H2,1H3,(H,33,38)(H,34,37)/t16?,26-/m1/s1. The molecule has 1 unspecified atom stereocenters. The molecular weight excluding hydrogens is 504 g/mol. The number of benzodiazepines with no additional fused rings is 1. The number of para-hydroxylation sites is 1. The first kappa shape index (κ1) is 24.5. The van der Waals surface area contributed by atoms with Gasteiger partial charge in [-0.15, -0.1) is 0 Å². The third kappa shape index (κ3) is 4.43. The average molecular weight is 528 g/mol. The van der Waals surface area contributed by atoms with Crippen LogP contribution in [0.1, 0.15) is 28.4 Å². The van der Waals surface area contributed by atoms with Crippen molar-refractivity contribution < 1.29 is 23.1 Å². The first-order valence-corrected chi connectivity index (χ1v) is 12.4. The molecule has 0 aliphatic carbocycles. The van der Waals surface area contributed by atoms with E-state index in [1.807, 2.05) is 13.0 Å². The van der Waals surface area contributed by atoms with E-state index in [1.54, 1.807) is 42.5 Å². The number of ether oxygens (including phenoxy) is 1. The van der Waals surface area contributed by atoms with E-state index in [9.17, 15) is 18.4 Å². The van der Waals surface area contributed by atoms with E-state index in [-0.39, 0.29) is 34.3 Å². The molecule has 0 spiro atoms. The lowest BCUT2D eigenvalue weighted by Gasteiger charge is -2.21. The van der Waals surface area contributed by atoms with Crippen LogP contribution < -0.4 is 15.4 Å². The molecule has 0 fully saturated rings. The molecule has 2 amide bonds. The van der Waals surface area contributed by atoms with Gasteiger partial charge in [-0.2, -0.15) is 5.10 Å². The molecule has 4 aromatic rings. The van der Waals surface area contributed by atoms with Crippen molar-refractivity contribution in [1.29, 1.82) is 0 Å². The number of benzene rings is 3. The maximum atomic E-state index is 14.8. The summed E-state index contributed by atoms with van der Waals surface area (Å²) in [4.78, 5) is 31.6. The smallest absolute Gasteiger partial charge is 0.269 e. The van der Waals surface area contributed by atoms with Crippen molar-refractivity contribution in [3.63, 3.8) is 0 Å². The normalized spacial score (nSPS) is 18.1. The summed E-state index contributed by atoms with van der Waals surface area (Å²) in [5, 5.41) is 9.69. The number of anilines is 1. The molecule has 3 aromatic carbocycles. The lowest BCUT2D eigenvalue weighted by atomic mass is 10.0. The fourth-order valence-electron chi connectivity index (χ4n) is 4.75. The lowest BCUT2D eigenvalue weighted by Crippen LogP contribution is -2.42. The Balaban J connectivity index is 1.44. The molecule has 1 aromatic heterocycles. The van der Waals surface area contributed by atoms with Gasteiger partial charge in [-0.1, -0.05) is 61.5 Å². The molecule has 2 aliphatic heterocycles. The summed E-state index contributed by atoms with van der Waals surface area (Å²) < 4.78 is 37.0. The van der Waals surface area contributed by atoms with Gasteiger partial charge in [0.05, 0.1) is 24.6 Å². The highest BCUT2D eigenvalue weighted by Gasteiger charge is 2.34. The average Bonchev–Trinajstić information content (AvgIpc) is 3.24. The molecule has 0 bridgehead atoms. The van der Waals surface area contributed by atoms with E-state index < -0.39 is 29.6 Å². The van der Waals surface area contributed by atoms with Crippen molar-refractivity contribution in [1.82, 2.24) is 15.1 Å². The van der Waals surface area contributed by atoms with Gasteiger partial charge in [-0.05, 0) is 18.2 Å². The van der Waals surface area contributed by atoms with Crippen molar-refractivity contribution in [3.05, 3.63) is 101 Å². The second-order valence-electron chi connectivity index (χ2n) is 9.48. The van der Waals surface area contributed by atoms with Crippen molar-refractivity contribution in [2.45, 2.75) is 19.6 Å². The Morgan fingerprint density at radius 2 is 1.72 bits per heavy atom. The van der Waals surface area contributed by atoms with Crippen LogP contribution in [-0.4, -0.2) is 40.1 Å². The van der Waals surface area contributed by atoms with E-state index in [1.165, 1.54) is 28.9 Å². The predicted octanol–water partition coefficient (Wildman–Crippen LogP) is 4.40. The van der Waals surface area contributed by atoms with E-state index in [0.717, 1.165) is 0 Å². The van der Waals surface area contributed by atoms with Gasteiger partial charge in [0.25, 0.3) is 11.8 Å². The highest BCUT2D eigenvalue weighted by atomic mass is 19.1. The minimum Gasteiger partial charge on any atom is -0.477 e. The highest BCUT2D eigenvalue weighted by molar-refractivity contribution is 6.20. The zero-order valence-corrected chi connectivity index (χ0v) is 20.8. The van der Waals surface area contributed by atoms with Crippen LogP contribution in [0.25, 0.3) is 11.3 Å². The van der Waals surface area contributed by atoms with E-state index in [2.05, 4.69) is 20.7 Å². The molecule has 3 heterocycles. The number of aliphatic imine (C=N–C) groups is 1. The maximum absolute atomic E-state index is 14.8. The second-order valence-corrected chi connectivity index (χ2v) is 9.48. The van der Waals surface area contributed by atoms with E-state index >= 15 is 0 Å². The Morgan fingerprint density at radius 3 is 2.51 bits per heavy atom. The molecule has 10 heteroatoms. The molecule has 0 saturated carbocycles. The number of rotatable bonds is 4. The minimum absolute atomic E-state index is 0.01000. The number of carbonyl (C=O) groups is 2. The van der Waals surface area contributed by atoms with Gasteiger partial charge < -0.3 is 15.4 Å². The van der Waals surface area contributed by atoms with E-state index in [4.69, 9.17) is 4.74 Å². The maximum Gasteiger partial charge on any atom is 0.269 e. The Labute approximate surface area is 222 Å². The third-order valence-corrected chi connectivity index (χ3v) is 6.59. The van der Waals surface area contributed by atoms with Crippen LogP contribution in [0.3, 0.4) is 0 Å². The van der Waals surface area contributed by atoms with E-state index in [0.29, 0.717) is 30.0 Å². The van der Waals surface area contributed by atoms with Gasteiger partial charge in [0, 0.05) is 22.6 Å². The van der Waals surface area contributed by atoms with Gasteiger partial charge in [0.15, 0.2) is 0 Å². The van der Waals surface area contributed by atoms with Crippen molar-refractivity contribution >= 4 is 23.2 Å². The lowest BCUT2D eigenvalue weighted by molar-refractivity contribution is -0.117. The molecule has 0 saturated heterocycles. The number of hydrogen-bond acceptors (Lipinski definition) is 5. The summed E-state index contributed by atoms with van der Waals surface area (Å²) in [7, 11) is 0. The second kappa shape index (κ2) is 9.79. The summed E-state index contributed by atoms with van der Waals surface area (Å²) in [5.74, 6) is -2.35. The van der Waals surface area contributed by atoms with Crippen LogP contribution in [0.2, 0.25) is 0 Å². The van der Waals surface area contributed by atoms with Crippen LogP contribution >= 0.6 is 0 Å². The monoisotopic (exact) mass is 527 g/mol. The first-order valence-electron chi connectivity index (χ1n) is 12.4. The largest absolute Gasteiger partial charge is 0.477 e. The van der Waals surface area contributed by atoms with Gasteiger partial charge in [0.2, 0.25) is 12.0 Å². The number of amides is 2. The molecular formula is C29H23F2N5O3. The summed E-state index contributed by atoms with van der Waals surface area (Å²) in [6.07, 6.45) is -1.42. The first-order chi connectivity index (χ1) is 18.9. The van der Waals surface area contributed by atoms with Crippen LogP contribution in [0, 0.1) is 17.6 Å². The third-order valence-electron chi connectivity index (χ3n) is 6.59. The van der Waals surface area contributed by atoms with Crippen LogP contribution in [0.4, 0.5) is 14.5 Å². The minimum atomic E-state index is -1.42. The molecule has 2 aliphatic rings. The SMILES string of the molecule is CC1COc2c(C(=O)N[C@H]3N=C(c4ccccc4)c4cccc(F)c4NC3=O)c(-c3ccccc3F)nn2C1. The van der Waals surface area contributed by atoms with Crippen molar-refractivity contribution in [3.8, 4) is 17.1 Å². The zero-order valence-electron chi connectivity index (χ0n) is 20.8. The molecule has 2 atom stereocenters. The van der Waals surface area contributed by atoms with Crippen molar-refractivity contribution in [2.75, 3.05) is 11.9 Å². The van der Waals surface area contributed by atoms with Gasteiger partial charge in [0.1, 0.15) is 22.9 Å². The number of hydrogen-bond donors (Lipinski definition) is 2. The predicted molar refractivity (Wildman–Crippen MR) is 141 cm³/mol. The molecule has 8 nitrogen and oxygen atoms in total. The molecule has 0 radical (unpaired) electrons. The highest BCUT2D eigenvalue weighted by Crippen LogP contribution is 2.35. The number of halogens is 2. The van der Waals surface area contributed by atoms with Gasteiger partial charge in [-0.25, -0.2) is 18.5 Å². The molecule has 2 N–H and O–H groups in total. The number of carbonyl (C=O) groups excluding carboxylic acids is 2. The number of aromatic nitrogens is 2. The summed E-state index contributed by atoms with van der Waals surface area (Å²) >= 11 is 0. The quantitative estimate of drug-likeness (QED) is 0.411. The van der Waals surface area contributed by atoms with Gasteiger partial charge >= 0.3 is 0 Å². The fourth-order valence-corrected chi connectivity index (χ4v) is 4.75.